The first-order valence-corrected chi connectivity index (χ1v) is 16.9. The van der Waals surface area contributed by atoms with E-state index in [0.29, 0.717) is 6.42 Å². The second kappa shape index (κ2) is 18.1. The molecule has 0 aliphatic carbocycles. The number of nitrogens with one attached hydrogen (secondary N) is 1. The molecule has 1 atom stereocenters. The fourth-order valence-corrected chi connectivity index (χ4v) is 6.71. The highest BCUT2D eigenvalue weighted by molar-refractivity contribution is 7.89. The molecule has 6 nitrogen and oxygen atoms in total. The molecule has 0 saturated carbocycles. The number of hydrogen-bond donors (Lipinski definition) is 2. The molecule has 2 aromatic rings. The number of nitrogens with zero attached hydrogens (tertiary/aromatic N) is 2. The van der Waals surface area contributed by atoms with Crippen LogP contribution in [0, 0.1) is 0 Å². The third kappa shape index (κ3) is 12.3. The van der Waals surface area contributed by atoms with E-state index in [4.69, 9.17) is 16.7 Å². The van der Waals surface area contributed by atoms with Gasteiger partial charge in [-0.2, -0.15) is 0 Å². The van der Waals surface area contributed by atoms with E-state index in [1.165, 1.54) is 62.6 Å². The Morgan fingerprint density at radius 3 is 1.87 bits per heavy atom. The summed E-state index contributed by atoms with van der Waals surface area (Å²) in [5, 5.41) is 9.50. The lowest BCUT2D eigenvalue weighted by Gasteiger charge is -2.40. The van der Waals surface area contributed by atoms with Gasteiger partial charge in [-0.25, -0.2) is 13.1 Å². The summed E-state index contributed by atoms with van der Waals surface area (Å²) in [5.41, 5.74) is 2.64. The highest BCUT2D eigenvalue weighted by Crippen LogP contribution is 2.30. The molecular weight excluding hydrogens is 530 g/mol. The van der Waals surface area contributed by atoms with Gasteiger partial charge in [0.05, 0.1) is 18.4 Å². The second-order valence-corrected chi connectivity index (χ2v) is 13.1. The molecule has 1 fully saturated rings. The van der Waals surface area contributed by atoms with Crippen LogP contribution in [0.3, 0.4) is 0 Å². The number of sulfonamides is 1. The molecule has 1 aliphatic rings. The van der Waals surface area contributed by atoms with Crippen molar-refractivity contribution in [1.82, 2.24) is 14.5 Å². The summed E-state index contributed by atoms with van der Waals surface area (Å²) in [7, 11) is -3.21. The van der Waals surface area contributed by atoms with Crippen LogP contribution in [-0.4, -0.2) is 75.0 Å². The smallest absolute Gasteiger partial charge is 0.211 e. The van der Waals surface area contributed by atoms with E-state index in [2.05, 4.69) is 57.0 Å². The van der Waals surface area contributed by atoms with E-state index in [-0.39, 0.29) is 24.9 Å². The summed E-state index contributed by atoms with van der Waals surface area (Å²) in [6.07, 6.45) is 11.7. The lowest BCUT2D eigenvalue weighted by molar-refractivity contribution is 0.108. The SMILES string of the molecule is O=S(=O)(CCCCCCCCCCCCN1CCN(C(c2ccccc2)c2ccc(Cl)cc2)CC1)NCCO. The van der Waals surface area contributed by atoms with Crippen molar-refractivity contribution < 1.29 is 13.5 Å². The third-order valence-corrected chi connectivity index (χ3v) is 9.37. The maximum atomic E-state index is 11.7. The van der Waals surface area contributed by atoms with Crippen molar-refractivity contribution in [2.45, 2.75) is 70.3 Å². The highest BCUT2D eigenvalue weighted by atomic mass is 35.5. The first kappa shape index (κ1) is 32.0. The molecule has 8 heteroatoms. The number of piperazine rings is 1. The van der Waals surface area contributed by atoms with Crippen LogP contribution in [0.4, 0.5) is 0 Å². The Bertz CT molecular complexity index is 1010. The first-order chi connectivity index (χ1) is 19.0. The van der Waals surface area contributed by atoms with Crippen molar-refractivity contribution in [3.8, 4) is 0 Å². The van der Waals surface area contributed by atoms with E-state index in [0.717, 1.165) is 44.0 Å². The summed E-state index contributed by atoms with van der Waals surface area (Å²) in [4.78, 5) is 5.24. The van der Waals surface area contributed by atoms with Crippen LogP contribution in [0.25, 0.3) is 0 Å². The second-order valence-electron chi connectivity index (χ2n) is 10.7. The Balaban J connectivity index is 1.23. The maximum absolute atomic E-state index is 11.7. The molecule has 0 spiro atoms. The van der Waals surface area contributed by atoms with Crippen LogP contribution in [-0.2, 0) is 10.0 Å². The van der Waals surface area contributed by atoms with Gasteiger partial charge in [0.15, 0.2) is 0 Å². The summed E-state index contributed by atoms with van der Waals surface area (Å²) < 4.78 is 25.8. The normalized spacial score (nSPS) is 15.9. The van der Waals surface area contributed by atoms with Gasteiger partial charge in [-0.15, -0.1) is 0 Å². The first-order valence-electron chi connectivity index (χ1n) is 14.8. The zero-order valence-electron chi connectivity index (χ0n) is 23.4. The number of aliphatic hydroxyl groups is 1. The van der Waals surface area contributed by atoms with Crippen molar-refractivity contribution in [3.05, 3.63) is 70.7 Å². The lowest BCUT2D eigenvalue weighted by atomic mass is 9.96. The predicted molar refractivity (Wildman–Crippen MR) is 163 cm³/mol. The molecule has 1 saturated heterocycles. The fourth-order valence-electron chi connectivity index (χ4n) is 5.45. The molecule has 1 aliphatic heterocycles. The Hall–Kier alpha value is -1.48. The fraction of sp³-hybridized carbons (Fsp3) is 0.613. The molecular formula is C31H48ClN3O3S. The molecule has 218 valence electrons. The molecule has 2 aromatic carbocycles. The molecule has 0 amide bonds. The monoisotopic (exact) mass is 577 g/mol. The van der Waals surface area contributed by atoms with Crippen LogP contribution in [0.5, 0.6) is 0 Å². The Morgan fingerprint density at radius 2 is 1.28 bits per heavy atom. The summed E-state index contributed by atoms with van der Waals surface area (Å²) in [5.74, 6) is 0.165. The van der Waals surface area contributed by atoms with Crippen molar-refractivity contribution in [3.63, 3.8) is 0 Å². The summed E-state index contributed by atoms with van der Waals surface area (Å²) in [6, 6.07) is 19.4. The van der Waals surface area contributed by atoms with Gasteiger partial charge >= 0.3 is 0 Å². The van der Waals surface area contributed by atoms with Gasteiger partial charge in [-0.3, -0.25) is 4.90 Å². The maximum Gasteiger partial charge on any atom is 0.211 e. The number of hydrogen-bond acceptors (Lipinski definition) is 5. The van der Waals surface area contributed by atoms with E-state index < -0.39 is 10.0 Å². The quantitative estimate of drug-likeness (QED) is 0.205. The number of aliphatic hydroxyl groups excluding tert-OH is 1. The third-order valence-electron chi connectivity index (χ3n) is 7.64. The number of unbranched alkanes of at least 4 members (excludes halogenated alkanes) is 9. The minimum atomic E-state index is -3.21. The van der Waals surface area contributed by atoms with Crippen LogP contribution in [0.1, 0.15) is 81.4 Å². The van der Waals surface area contributed by atoms with E-state index >= 15 is 0 Å². The highest BCUT2D eigenvalue weighted by Gasteiger charge is 2.26. The van der Waals surface area contributed by atoms with Crippen LogP contribution >= 0.6 is 11.6 Å². The van der Waals surface area contributed by atoms with Gasteiger partial charge in [0, 0.05) is 37.7 Å². The standard InChI is InChI=1S/C31H48ClN3O3S/c32-30-18-16-29(17-19-30)31(28-14-10-9-11-15-28)35-24-22-34(23-25-35)21-12-7-5-3-1-2-4-6-8-13-27-39(37,38)33-20-26-36/h9-11,14-19,31,33,36H,1-8,12-13,20-27H2. The van der Waals surface area contributed by atoms with E-state index in [1.54, 1.807) is 0 Å². The minimum absolute atomic E-state index is 0.110. The van der Waals surface area contributed by atoms with Gasteiger partial charge in [-0.1, -0.05) is 105 Å². The average Bonchev–Trinajstić information content (AvgIpc) is 2.95. The zero-order valence-corrected chi connectivity index (χ0v) is 25.0. The van der Waals surface area contributed by atoms with Crippen molar-refractivity contribution in [2.75, 3.05) is 51.6 Å². The summed E-state index contributed by atoms with van der Waals surface area (Å²) in [6.45, 7) is 5.55. The van der Waals surface area contributed by atoms with Crippen molar-refractivity contribution >= 4 is 21.6 Å². The number of halogens is 1. The molecule has 0 radical (unpaired) electrons. The average molecular weight is 578 g/mol. The van der Waals surface area contributed by atoms with Crippen molar-refractivity contribution in [2.24, 2.45) is 0 Å². The van der Waals surface area contributed by atoms with E-state index in [9.17, 15) is 8.42 Å². The lowest BCUT2D eigenvalue weighted by Crippen LogP contribution is -2.48. The van der Waals surface area contributed by atoms with Gasteiger partial charge in [0.1, 0.15) is 0 Å². The molecule has 0 bridgehead atoms. The largest absolute Gasteiger partial charge is 0.395 e. The van der Waals surface area contributed by atoms with Gasteiger partial charge in [-0.05, 0) is 42.6 Å². The number of benzene rings is 2. The Labute approximate surface area is 241 Å². The molecule has 2 N–H and O–H groups in total. The zero-order chi connectivity index (χ0) is 27.8. The number of rotatable bonds is 19. The molecule has 1 unspecified atom stereocenters. The van der Waals surface area contributed by atoms with Crippen molar-refractivity contribution in [1.29, 1.82) is 0 Å². The topological polar surface area (TPSA) is 72.9 Å². The van der Waals surface area contributed by atoms with Gasteiger partial charge in [0.2, 0.25) is 10.0 Å². The van der Waals surface area contributed by atoms with Gasteiger partial charge < -0.3 is 10.0 Å². The minimum Gasteiger partial charge on any atom is -0.395 e. The Kier molecular flexibility index (Phi) is 14.8. The van der Waals surface area contributed by atoms with Crippen LogP contribution in [0.15, 0.2) is 54.6 Å². The molecule has 3 rings (SSSR count). The molecule has 39 heavy (non-hydrogen) atoms. The molecule has 1 heterocycles. The van der Waals surface area contributed by atoms with E-state index in [1.807, 2.05) is 12.1 Å². The van der Waals surface area contributed by atoms with Crippen LogP contribution < -0.4 is 4.72 Å². The molecule has 0 aromatic heterocycles. The Morgan fingerprint density at radius 1 is 0.744 bits per heavy atom. The summed E-state index contributed by atoms with van der Waals surface area (Å²) >= 11 is 6.17. The van der Waals surface area contributed by atoms with Gasteiger partial charge in [0.25, 0.3) is 0 Å². The predicted octanol–water partition coefficient (Wildman–Crippen LogP) is 5.86. The van der Waals surface area contributed by atoms with Crippen LogP contribution in [0.2, 0.25) is 5.02 Å².